The van der Waals surface area contributed by atoms with Gasteiger partial charge in [-0.15, -0.1) is 0 Å². The topological polar surface area (TPSA) is 72.0 Å². The van der Waals surface area contributed by atoms with Gasteiger partial charge >= 0.3 is 0 Å². The molecule has 0 saturated carbocycles. The van der Waals surface area contributed by atoms with Crippen LogP contribution in [0.15, 0.2) is 47.6 Å². The molecule has 0 aliphatic rings. The first-order valence-corrected chi connectivity index (χ1v) is 8.03. The van der Waals surface area contributed by atoms with Crippen molar-refractivity contribution < 1.29 is 8.42 Å². The monoisotopic (exact) mass is 291 g/mol. The van der Waals surface area contributed by atoms with Gasteiger partial charge in [-0.1, -0.05) is 18.2 Å². The van der Waals surface area contributed by atoms with Gasteiger partial charge in [0.15, 0.2) is 9.84 Å². The third kappa shape index (κ3) is 4.03. The molecule has 0 saturated heterocycles. The number of nitrogens with zero attached hydrogens (tertiary/aromatic N) is 2. The molecular weight excluding hydrogens is 274 g/mol. The van der Waals surface area contributed by atoms with Crippen molar-refractivity contribution >= 4 is 15.7 Å². The average molecular weight is 291 g/mol. The number of hydrogen-bond donors (Lipinski definition) is 1. The minimum atomic E-state index is -3.20. The number of nitrogens with one attached hydrogen (secondary N) is 1. The van der Waals surface area contributed by atoms with E-state index in [1.165, 1.54) is 0 Å². The van der Waals surface area contributed by atoms with E-state index in [1.54, 1.807) is 42.7 Å². The summed E-state index contributed by atoms with van der Waals surface area (Å²) < 4.78 is 24.1. The second-order valence-corrected chi connectivity index (χ2v) is 6.57. The molecule has 1 N–H and O–H groups in total. The Morgan fingerprint density at radius 1 is 1.15 bits per heavy atom. The van der Waals surface area contributed by atoms with Crippen molar-refractivity contribution in [3.63, 3.8) is 0 Å². The van der Waals surface area contributed by atoms with Crippen molar-refractivity contribution in [3.05, 3.63) is 48.4 Å². The summed E-state index contributed by atoms with van der Waals surface area (Å²) in [5.74, 6) is 0.783. The minimum Gasteiger partial charge on any atom is -0.369 e. The zero-order chi connectivity index (χ0) is 14.4. The zero-order valence-corrected chi connectivity index (χ0v) is 12.1. The molecule has 0 aliphatic carbocycles. The number of hydrogen-bond acceptors (Lipinski definition) is 5. The highest BCUT2D eigenvalue weighted by molar-refractivity contribution is 7.91. The lowest BCUT2D eigenvalue weighted by molar-refractivity contribution is 0.594. The van der Waals surface area contributed by atoms with Gasteiger partial charge in [-0.3, -0.25) is 4.98 Å². The predicted molar refractivity (Wildman–Crippen MR) is 78.4 cm³/mol. The van der Waals surface area contributed by atoms with E-state index < -0.39 is 9.84 Å². The van der Waals surface area contributed by atoms with E-state index >= 15 is 0 Å². The highest BCUT2D eigenvalue weighted by Crippen LogP contribution is 2.11. The molecule has 0 spiro atoms. The molecular formula is C14H17N3O2S. The molecule has 2 rings (SSSR count). The first-order valence-electron chi connectivity index (χ1n) is 6.38. The Bertz CT molecular complexity index is 657. The minimum absolute atomic E-state index is 0.114. The molecule has 0 fully saturated rings. The molecule has 0 unspecified atom stereocenters. The molecule has 20 heavy (non-hydrogen) atoms. The first-order chi connectivity index (χ1) is 9.58. The molecule has 0 aliphatic heterocycles. The number of aromatic nitrogens is 2. The number of anilines is 1. The number of benzene rings is 1. The van der Waals surface area contributed by atoms with Gasteiger partial charge in [-0.05, 0) is 25.5 Å². The molecule has 0 atom stereocenters. The third-order valence-electron chi connectivity index (χ3n) is 2.75. The van der Waals surface area contributed by atoms with Gasteiger partial charge in [-0.25, -0.2) is 13.4 Å². The smallest absolute Gasteiger partial charge is 0.178 e. The lowest BCUT2D eigenvalue weighted by Crippen LogP contribution is -2.12. The van der Waals surface area contributed by atoms with Crippen molar-refractivity contribution in [2.45, 2.75) is 18.2 Å². The van der Waals surface area contributed by atoms with Crippen molar-refractivity contribution in [1.29, 1.82) is 0 Å². The Kier molecular flexibility index (Phi) is 4.68. The van der Waals surface area contributed by atoms with Gasteiger partial charge in [0.2, 0.25) is 0 Å². The summed E-state index contributed by atoms with van der Waals surface area (Å²) in [4.78, 5) is 8.63. The van der Waals surface area contributed by atoms with Crippen LogP contribution in [0, 0.1) is 6.92 Å². The molecule has 1 heterocycles. The van der Waals surface area contributed by atoms with Crippen LogP contribution in [-0.2, 0) is 9.84 Å². The highest BCUT2D eigenvalue weighted by atomic mass is 32.2. The molecule has 2 aromatic rings. The summed E-state index contributed by atoms with van der Waals surface area (Å²) in [5, 5.41) is 3.07. The van der Waals surface area contributed by atoms with Crippen LogP contribution in [0.3, 0.4) is 0 Å². The van der Waals surface area contributed by atoms with Gasteiger partial charge in [0, 0.05) is 12.7 Å². The van der Waals surface area contributed by atoms with E-state index in [1.807, 2.05) is 6.92 Å². The van der Waals surface area contributed by atoms with Crippen LogP contribution in [0.25, 0.3) is 0 Å². The maximum absolute atomic E-state index is 12.0. The fourth-order valence-electron chi connectivity index (χ4n) is 1.77. The van der Waals surface area contributed by atoms with Crippen molar-refractivity contribution in [1.82, 2.24) is 9.97 Å². The quantitative estimate of drug-likeness (QED) is 0.825. The lowest BCUT2D eigenvalue weighted by atomic mass is 10.4. The Hall–Kier alpha value is -1.95. The standard InChI is InChI=1S/C14H17N3O2S/c1-12-10-15-11-14(17-12)16-8-5-9-20(18,19)13-6-3-2-4-7-13/h2-4,6-7,10-11H,5,8-9H2,1H3,(H,16,17). The van der Waals surface area contributed by atoms with Gasteiger partial charge in [0.05, 0.1) is 22.5 Å². The summed E-state index contributed by atoms with van der Waals surface area (Å²) in [6.07, 6.45) is 3.82. The van der Waals surface area contributed by atoms with Gasteiger partial charge in [-0.2, -0.15) is 0 Å². The van der Waals surface area contributed by atoms with Crippen LogP contribution in [-0.4, -0.2) is 30.7 Å². The van der Waals surface area contributed by atoms with E-state index in [4.69, 9.17) is 0 Å². The van der Waals surface area contributed by atoms with Crippen LogP contribution >= 0.6 is 0 Å². The average Bonchev–Trinajstić information content (AvgIpc) is 2.45. The van der Waals surface area contributed by atoms with E-state index in [0.717, 1.165) is 5.69 Å². The van der Waals surface area contributed by atoms with Crippen LogP contribution in [0.2, 0.25) is 0 Å². The van der Waals surface area contributed by atoms with Crippen molar-refractivity contribution in [2.75, 3.05) is 17.6 Å². The maximum atomic E-state index is 12.0. The molecule has 1 aromatic carbocycles. The van der Waals surface area contributed by atoms with E-state index in [0.29, 0.717) is 23.7 Å². The third-order valence-corrected chi connectivity index (χ3v) is 4.57. The van der Waals surface area contributed by atoms with Crippen LogP contribution in [0.4, 0.5) is 5.82 Å². The fraction of sp³-hybridized carbons (Fsp3) is 0.286. The largest absolute Gasteiger partial charge is 0.369 e. The number of aryl methyl sites for hydroxylation is 1. The summed E-state index contributed by atoms with van der Waals surface area (Å²) >= 11 is 0. The van der Waals surface area contributed by atoms with Crippen molar-refractivity contribution in [3.8, 4) is 0 Å². The summed E-state index contributed by atoms with van der Waals surface area (Å²) in [6, 6.07) is 8.50. The molecule has 6 heteroatoms. The molecule has 1 aromatic heterocycles. The normalized spacial score (nSPS) is 11.2. The van der Waals surface area contributed by atoms with E-state index in [2.05, 4.69) is 15.3 Å². The lowest BCUT2D eigenvalue weighted by Gasteiger charge is -2.06. The Labute approximate surface area is 119 Å². The van der Waals surface area contributed by atoms with E-state index in [9.17, 15) is 8.42 Å². The summed E-state index contributed by atoms with van der Waals surface area (Å²) in [5.41, 5.74) is 0.826. The van der Waals surface area contributed by atoms with Crippen LogP contribution < -0.4 is 5.32 Å². The Balaban J connectivity index is 1.84. The maximum Gasteiger partial charge on any atom is 0.178 e. The second-order valence-electron chi connectivity index (χ2n) is 4.46. The van der Waals surface area contributed by atoms with E-state index in [-0.39, 0.29) is 5.75 Å². The Morgan fingerprint density at radius 3 is 2.60 bits per heavy atom. The fourth-order valence-corrected chi connectivity index (χ4v) is 3.10. The molecule has 0 radical (unpaired) electrons. The first kappa shape index (κ1) is 14.5. The molecule has 5 nitrogen and oxygen atoms in total. The van der Waals surface area contributed by atoms with Gasteiger partial charge < -0.3 is 5.32 Å². The summed E-state index contributed by atoms with van der Waals surface area (Å²) in [6.45, 7) is 2.40. The molecule has 0 amide bonds. The van der Waals surface area contributed by atoms with Gasteiger partial charge in [0.25, 0.3) is 0 Å². The van der Waals surface area contributed by atoms with Crippen LogP contribution in [0.1, 0.15) is 12.1 Å². The van der Waals surface area contributed by atoms with Gasteiger partial charge in [0.1, 0.15) is 5.82 Å². The molecule has 0 bridgehead atoms. The Morgan fingerprint density at radius 2 is 1.90 bits per heavy atom. The predicted octanol–water partition coefficient (Wildman–Crippen LogP) is 2.06. The number of sulfone groups is 1. The number of rotatable bonds is 6. The second kappa shape index (κ2) is 6.47. The van der Waals surface area contributed by atoms with Crippen LogP contribution in [0.5, 0.6) is 0 Å². The highest BCUT2D eigenvalue weighted by Gasteiger charge is 2.12. The zero-order valence-electron chi connectivity index (χ0n) is 11.3. The van der Waals surface area contributed by atoms with Crippen molar-refractivity contribution in [2.24, 2.45) is 0 Å². The molecule has 106 valence electrons. The summed E-state index contributed by atoms with van der Waals surface area (Å²) in [7, 11) is -3.20. The SMILES string of the molecule is Cc1cncc(NCCCS(=O)(=O)c2ccccc2)n1.